The first kappa shape index (κ1) is 17.7. The normalized spacial score (nSPS) is 11.9. The minimum absolute atomic E-state index is 0.186. The van der Waals surface area contributed by atoms with Crippen molar-refractivity contribution < 1.29 is 19.1 Å². The number of hydrogen-bond donors (Lipinski definition) is 1. The van der Waals surface area contributed by atoms with Crippen LogP contribution in [0.2, 0.25) is 0 Å². The van der Waals surface area contributed by atoms with E-state index in [1.165, 1.54) is 0 Å². The standard InChI is InChI=1S/C21H21NO4/c1-14(21(24)17-13-22-18-9-5-4-8-16(17)18)26-20(23)12-11-15-7-3-6-10-19(15)25-2/h3-10,13-14,22H,11-12H2,1-2H3/t14-/m0/s1. The molecule has 0 aliphatic heterocycles. The van der Waals surface area contributed by atoms with Gasteiger partial charge in [-0.1, -0.05) is 36.4 Å². The smallest absolute Gasteiger partial charge is 0.306 e. The van der Waals surface area contributed by atoms with Gasteiger partial charge in [-0.3, -0.25) is 9.59 Å². The molecule has 0 aliphatic rings. The summed E-state index contributed by atoms with van der Waals surface area (Å²) in [7, 11) is 1.60. The molecule has 0 unspecified atom stereocenters. The van der Waals surface area contributed by atoms with Gasteiger partial charge in [-0.25, -0.2) is 0 Å². The van der Waals surface area contributed by atoms with Crippen molar-refractivity contribution >= 4 is 22.7 Å². The lowest BCUT2D eigenvalue weighted by molar-refractivity contribution is -0.146. The molecule has 0 aliphatic carbocycles. The second kappa shape index (κ2) is 7.87. The molecule has 3 rings (SSSR count). The number of carbonyl (C=O) groups excluding carboxylic acids is 2. The second-order valence-electron chi connectivity index (χ2n) is 6.06. The lowest BCUT2D eigenvalue weighted by Gasteiger charge is -2.12. The Morgan fingerprint density at radius 3 is 2.62 bits per heavy atom. The van der Waals surface area contributed by atoms with Crippen molar-refractivity contribution in [2.75, 3.05) is 7.11 Å². The predicted octanol–water partition coefficient (Wildman–Crippen LogP) is 3.92. The molecule has 2 aromatic carbocycles. The number of hydrogen-bond acceptors (Lipinski definition) is 4. The summed E-state index contributed by atoms with van der Waals surface area (Å²) in [5, 5.41) is 0.828. The Balaban J connectivity index is 1.61. The van der Waals surface area contributed by atoms with Gasteiger partial charge in [0, 0.05) is 29.1 Å². The number of Topliss-reactive ketones (excluding diaryl/α,β-unsaturated/α-hetero) is 1. The third-order valence-electron chi connectivity index (χ3n) is 4.32. The van der Waals surface area contributed by atoms with E-state index in [0.29, 0.717) is 12.0 Å². The van der Waals surface area contributed by atoms with Crippen molar-refractivity contribution in [1.29, 1.82) is 0 Å². The molecule has 5 heteroatoms. The van der Waals surface area contributed by atoms with E-state index < -0.39 is 12.1 Å². The monoisotopic (exact) mass is 351 g/mol. The highest BCUT2D eigenvalue weighted by Gasteiger charge is 2.22. The maximum Gasteiger partial charge on any atom is 0.306 e. The lowest BCUT2D eigenvalue weighted by Crippen LogP contribution is -2.24. The van der Waals surface area contributed by atoms with Gasteiger partial charge < -0.3 is 14.5 Å². The van der Waals surface area contributed by atoms with Crippen LogP contribution in [0, 0.1) is 0 Å². The summed E-state index contributed by atoms with van der Waals surface area (Å²) in [6.07, 6.45) is 1.51. The van der Waals surface area contributed by atoms with Gasteiger partial charge in [-0.05, 0) is 31.0 Å². The Morgan fingerprint density at radius 1 is 1.08 bits per heavy atom. The first-order valence-electron chi connectivity index (χ1n) is 8.52. The van der Waals surface area contributed by atoms with Gasteiger partial charge in [0.05, 0.1) is 7.11 Å². The SMILES string of the molecule is COc1ccccc1CCC(=O)O[C@@H](C)C(=O)c1c[nH]c2ccccc12. The molecule has 1 N–H and O–H groups in total. The molecule has 134 valence electrons. The minimum atomic E-state index is -0.834. The summed E-state index contributed by atoms with van der Waals surface area (Å²) in [5.41, 5.74) is 2.35. The Labute approximate surface area is 151 Å². The van der Waals surface area contributed by atoms with Gasteiger partial charge >= 0.3 is 5.97 Å². The van der Waals surface area contributed by atoms with Gasteiger partial charge in [0.1, 0.15) is 5.75 Å². The Bertz CT molecular complexity index is 928. The molecule has 0 spiro atoms. The van der Waals surface area contributed by atoms with E-state index in [4.69, 9.17) is 9.47 Å². The number of aromatic nitrogens is 1. The number of benzene rings is 2. The zero-order valence-corrected chi connectivity index (χ0v) is 14.8. The highest BCUT2D eigenvalue weighted by Crippen LogP contribution is 2.21. The Hall–Kier alpha value is -3.08. The summed E-state index contributed by atoms with van der Waals surface area (Å²) < 4.78 is 10.6. The van der Waals surface area contributed by atoms with E-state index in [2.05, 4.69) is 4.98 Å². The third-order valence-corrected chi connectivity index (χ3v) is 4.32. The van der Waals surface area contributed by atoms with Crippen LogP contribution in [0.5, 0.6) is 5.75 Å². The van der Waals surface area contributed by atoms with Crippen LogP contribution in [0.4, 0.5) is 0 Å². The summed E-state index contributed by atoms with van der Waals surface area (Å²) in [6.45, 7) is 1.60. The molecule has 1 atom stereocenters. The van der Waals surface area contributed by atoms with Gasteiger partial charge in [0.2, 0.25) is 5.78 Å². The number of methoxy groups -OCH3 is 1. The van der Waals surface area contributed by atoms with Crippen LogP contribution < -0.4 is 4.74 Å². The summed E-state index contributed by atoms with van der Waals surface area (Å²) in [6, 6.07) is 15.1. The van der Waals surface area contributed by atoms with Crippen molar-refractivity contribution in [3.05, 3.63) is 65.9 Å². The molecule has 1 heterocycles. The largest absolute Gasteiger partial charge is 0.496 e. The predicted molar refractivity (Wildman–Crippen MR) is 99.5 cm³/mol. The first-order chi connectivity index (χ1) is 12.6. The highest BCUT2D eigenvalue weighted by molar-refractivity contribution is 6.10. The number of carbonyl (C=O) groups is 2. The number of H-pyrrole nitrogens is 1. The Kier molecular flexibility index (Phi) is 5.37. The van der Waals surface area contributed by atoms with E-state index in [-0.39, 0.29) is 12.2 Å². The maximum absolute atomic E-state index is 12.6. The fourth-order valence-electron chi connectivity index (χ4n) is 2.95. The average molecular weight is 351 g/mol. The summed E-state index contributed by atoms with van der Waals surface area (Å²) in [5.74, 6) is 0.118. The van der Waals surface area contributed by atoms with E-state index >= 15 is 0 Å². The molecule has 0 fully saturated rings. The molecular formula is C21H21NO4. The van der Waals surface area contributed by atoms with E-state index in [9.17, 15) is 9.59 Å². The van der Waals surface area contributed by atoms with Gasteiger partial charge in [0.15, 0.2) is 6.10 Å². The average Bonchev–Trinajstić information content (AvgIpc) is 3.10. The fourth-order valence-corrected chi connectivity index (χ4v) is 2.95. The molecular weight excluding hydrogens is 330 g/mol. The number of ether oxygens (including phenoxy) is 2. The van der Waals surface area contributed by atoms with Crippen LogP contribution in [-0.4, -0.2) is 30.0 Å². The van der Waals surface area contributed by atoms with Crippen LogP contribution in [0.1, 0.15) is 29.3 Å². The number of aryl methyl sites for hydroxylation is 1. The molecule has 0 saturated carbocycles. The van der Waals surface area contributed by atoms with Gasteiger partial charge in [-0.2, -0.15) is 0 Å². The summed E-state index contributed by atoms with van der Waals surface area (Å²) in [4.78, 5) is 27.8. The third kappa shape index (κ3) is 3.77. The van der Waals surface area contributed by atoms with Crippen LogP contribution in [-0.2, 0) is 16.0 Å². The van der Waals surface area contributed by atoms with Crippen molar-refractivity contribution in [3.63, 3.8) is 0 Å². The van der Waals surface area contributed by atoms with E-state index in [1.54, 1.807) is 20.2 Å². The van der Waals surface area contributed by atoms with Crippen molar-refractivity contribution in [2.45, 2.75) is 25.9 Å². The van der Waals surface area contributed by atoms with Crippen LogP contribution >= 0.6 is 0 Å². The molecule has 0 saturated heterocycles. The van der Waals surface area contributed by atoms with Crippen molar-refractivity contribution in [1.82, 2.24) is 4.98 Å². The molecule has 1 aromatic heterocycles. The molecule has 5 nitrogen and oxygen atoms in total. The molecule has 0 bridgehead atoms. The minimum Gasteiger partial charge on any atom is -0.496 e. The number of rotatable bonds is 7. The number of ketones is 1. The molecule has 3 aromatic rings. The highest BCUT2D eigenvalue weighted by atomic mass is 16.5. The zero-order chi connectivity index (χ0) is 18.5. The molecule has 26 heavy (non-hydrogen) atoms. The van der Waals surface area contributed by atoms with Crippen LogP contribution in [0.3, 0.4) is 0 Å². The number of para-hydroxylation sites is 2. The topological polar surface area (TPSA) is 68.4 Å². The van der Waals surface area contributed by atoms with Gasteiger partial charge in [0.25, 0.3) is 0 Å². The van der Waals surface area contributed by atoms with Crippen LogP contribution in [0.15, 0.2) is 54.7 Å². The lowest BCUT2D eigenvalue weighted by atomic mass is 10.1. The molecule has 0 amide bonds. The summed E-state index contributed by atoms with van der Waals surface area (Å²) >= 11 is 0. The van der Waals surface area contributed by atoms with E-state index in [1.807, 2.05) is 48.5 Å². The quantitative estimate of drug-likeness (QED) is 0.517. The number of esters is 1. The number of nitrogens with one attached hydrogen (secondary N) is 1. The fraction of sp³-hybridized carbons (Fsp3) is 0.238. The van der Waals surface area contributed by atoms with Crippen molar-refractivity contribution in [3.8, 4) is 5.75 Å². The molecule has 0 radical (unpaired) electrons. The maximum atomic E-state index is 12.6. The number of fused-ring (bicyclic) bond motifs is 1. The van der Waals surface area contributed by atoms with Crippen molar-refractivity contribution in [2.24, 2.45) is 0 Å². The van der Waals surface area contributed by atoms with Gasteiger partial charge in [-0.15, -0.1) is 0 Å². The van der Waals surface area contributed by atoms with Crippen LogP contribution in [0.25, 0.3) is 10.9 Å². The zero-order valence-electron chi connectivity index (χ0n) is 14.8. The van der Waals surface area contributed by atoms with E-state index in [0.717, 1.165) is 22.2 Å². The Morgan fingerprint density at radius 2 is 1.81 bits per heavy atom. The second-order valence-corrected chi connectivity index (χ2v) is 6.06. The first-order valence-corrected chi connectivity index (χ1v) is 8.52. The number of aromatic amines is 1.